The lowest BCUT2D eigenvalue weighted by Crippen LogP contribution is -2.24. The number of para-hydroxylation sites is 2. The van der Waals surface area contributed by atoms with Crippen molar-refractivity contribution in [2.24, 2.45) is 0 Å². The molecule has 0 radical (unpaired) electrons. The number of rotatable bonds is 5. The van der Waals surface area contributed by atoms with E-state index >= 15 is 0 Å². The van der Waals surface area contributed by atoms with Crippen LogP contribution in [0.5, 0.6) is 11.5 Å². The summed E-state index contributed by atoms with van der Waals surface area (Å²) >= 11 is 3.64. The largest absolute Gasteiger partial charge is 0.487 e. The van der Waals surface area contributed by atoms with Crippen LogP contribution < -0.4 is 9.47 Å². The van der Waals surface area contributed by atoms with E-state index in [-0.39, 0.29) is 12.1 Å². The molecule has 1 aliphatic rings. The van der Waals surface area contributed by atoms with Crippen molar-refractivity contribution in [1.82, 2.24) is 0 Å². The summed E-state index contributed by atoms with van der Waals surface area (Å²) in [5.41, 5.74) is 0. The van der Waals surface area contributed by atoms with Crippen molar-refractivity contribution in [2.75, 3.05) is 0 Å². The number of ether oxygens (including phenoxy) is 2. The normalized spacial score (nSPS) is 22.3. The van der Waals surface area contributed by atoms with Crippen molar-refractivity contribution < 1.29 is 14.3 Å². The number of benzene rings is 1. The molecule has 0 heterocycles. The fourth-order valence-electron chi connectivity index (χ4n) is 2.33. The van der Waals surface area contributed by atoms with E-state index in [0.717, 1.165) is 32.1 Å². The molecule has 1 aromatic carbocycles. The Morgan fingerprint density at radius 1 is 1.20 bits per heavy atom. The second-order valence-corrected chi connectivity index (χ2v) is 6.46. The lowest BCUT2D eigenvalue weighted by Gasteiger charge is -2.26. The summed E-state index contributed by atoms with van der Waals surface area (Å²) in [5, 5.41) is 0. The van der Waals surface area contributed by atoms with Gasteiger partial charge in [0.15, 0.2) is 11.5 Å². The van der Waals surface area contributed by atoms with Gasteiger partial charge in [0, 0.05) is 11.2 Å². The molecule has 0 amide bonds. The Bertz CT molecular complexity index is 439. The van der Waals surface area contributed by atoms with Gasteiger partial charge in [0.05, 0.1) is 6.10 Å². The van der Waals surface area contributed by atoms with E-state index in [1.54, 1.807) is 6.07 Å². The minimum Gasteiger partial charge on any atom is -0.487 e. The highest BCUT2D eigenvalue weighted by molar-refractivity contribution is 9.09. The highest BCUT2D eigenvalue weighted by Gasteiger charge is 2.21. The van der Waals surface area contributed by atoms with Gasteiger partial charge in [0.25, 0.3) is 0 Å². The van der Waals surface area contributed by atoms with Crippen LogP contribution in [0.1, 0.15) is 45.4 Å². The van der Waals surface area contributed by atoms with Crippen molar-refractivity contribution in [3.8, 4) is 11.5 Å². The zero-order valence-corrected chi connectivity index (χ0v) is 13.4. The van der Waals surface area contributed by atoms with Crippen LogP contribution in [0.25, 0.3) is 0 Å². The van der Waals surface area contributed by atoms with E-state index < -0.39 is 0 Å². The number of carbonyl (C=O) groups is 1. The van der Waals surface area contributed by atoms with Crippen LogP contribution in [-0.2, 0) is 4.79 Å². The molecule has 1 aromatic rings. The molecule has 3 nitrogen and oxygen atoms in total. The van der Waals surface area contributed by atoms with Gasteiger partial charge in [-0.3, -0.25) is 4.79 Å². The van der Waals surface area contributed by atoms with E-state index in [9.17, 15) is 4.79 Å². The topological polar surface area (TPSA) is 35.5 Å². The molecule has 0 spiro atoms. The molecule has 110 valence electrons. The predicted molar refractivity (Wildman–Crippen MR) is 82.6 cm³/mol. The lowest BCUT2D eigenvalue weighted by atomic mass is 9.97. The minimum atomic E-state index is -0.201. The molecule has 1 aliphatic carbocycles. The average molecular weight is 341 g/mol. The summed E-state index contributed by atoms with van der Waals surface area (Å²) in [6.45, 7) is 1.96. The molecule has 0 N–H and O–H groups in total. The quantitative estimate of drug-likeness (QED) is 0.450. The van der Waals surface area contributed by atoms with Crippen LogP contribution in [-0.4, -0.2) is 16.9 Å². The maximum atomic E-state index is 11.6. The van der Waals surface area contributed by atoms with E-state index in [4.69, 9.17) is 9.47 Å². The number of esters is 1. The maximum Gasteiger partial charge on any atom is 0.311 e. The molecule has 0 saturated heterocycles. The second-order valence-electron chi connectivity index (χ2n) is 5.16. The van der Waals surface area contributed by atoms with Crippen LogP contribution in [0, 0.1) is 0 Å². The Morgan fingerprint density at radius 3 is 2.50 bits per heavy atom. The third-order valence-corrected chi connectivity index (χ3v) is 4.34. The van der Waals surface area contributed by atoms with Crippen LogP contribution in [0.2, 0.25) is 0 Å². The third-order valence-electron chi connectivity index (χ3n) is 3.42. The van der Waals surface area contributed by atoms with E-state index in [1.807, 2.05) is 25.1 Å². The summed E-state index contributed by atoms with van der Waals surface area (Å²) in [4.78, 5) is 12.2. The Morgan fingerprint density at radius 2 is 1.85 bits per heavy atom. The Hall–Kier alpha value is -1.03. The molecule has 0 aromatic heterocycles. The fraction of sp³-hybridized carbons (Fsp3) is 0.562. The molecule has 20 heavy (non-hydrogen) atoms. The molecular weight excluding hydrogens is 320 g/mol. The van der Waals surface area contributed by atoms with Gasteiger partial charge in [-0.25, -0.2) is 0 Å². The van der Waals surface area contributed by atoms with Gasteiger partial charge < -0.3 is 9.47 Å². The van der Waals surface area contributed by atoms with Crippen molar-refractivity contribution in [2.45, 2.75) is 56.4 Å². The summed E-state index contributed by atoms with van der Waals surface area (Å²) in [6, 6.07) is 7.42. The van der Waals surface area contributed by atoms with E-state index in [0.29, 0.717) is 22.7 Å². The number of carbonyl (C=O) groups excluding carboxylic acids is 1. The summed E-state index contributed by atoms with van der Waals surface area (Å²) in [5.74, 6) is 1.01. The Kier molecular flexibility index (Phi) is 5.89. The number of alkyl halides is 1. The first kappa shape index (κ1) is 15.4. The third kappa shape index (κ3) is 4.51. The zero-order valence-electron chi connectivity index (χ0n) is 11.8. The van der Waals surface area contributed by atoms with E-state index in [2.05, 4.69) is 15.9 Å². The second kappa shape index (κ2) is 7.67. The number of hydrogen-bond donors (Lipinski definition) is 0. The summed E-state index contributed by atoms with van der Waals surface area (Å²) < 4.78 is 11.4. The van der Waals surface area contributed by atoms with Gasteiger partial charge in [-0.15, -0.1) is 0 Å². The smallest absolute Gasteiger partial charge is 0.311 e. The fourth-order valence-corrected chi connectivity index (χ4v) is 2.86. The first-order valence-corrected chi connectivity index (χ1v) is 8.21. The summed E-state index contributed by atoms with van der Waals surface area (Å²) in [7, 11) is 0. The van der Waals surface area contributed by atoms with Gasteiger partial charge in [0.1, 0.15) is 0 Å². The molecule has 0 bridgehead atoms. The minimum absolute atomic E-state index is 0.201. The first-order valence-electron chi connectivity index (χ1n) is 7.29. The van der Waals surface area contributed by atoms with Gasteiger partial charge in [0.2, 0.25) is 0 Å². The first-order chi connectivity index (χ1) is 9.69. The van der Waals surface area contributed by atoms with Crippen LogP contribution >= 0.6 is 15.9 Å². The molecule has 2 rings (SSSR count). The van der Waals surface area contributed by atoms with Crippen LogP contribution in [0.3, 0.4) is 0 Å². The molecular formula is C16H21BrO3. The Labute approximate surface area is 128 Å². The van der Waals surface area contributed by atoms with Crippen molar-refractivity contribution >= 4 is 21.9 Å². The average Bonchev–Trinajstić information content (AvgIpc) is 2.44. The van der Waals surface area contributed by atoms with E-state index in [1.165, 1.54) is 0 Å². The highest BCUT2D eigenvalue weighted by atomic mass is 79.9. The van der Waals surface area contributed by atoms with Gasteiger partial charge in [-0.1, -0.05) is 35.0 Å². The summed E-state index contributed by atoms with van der Waals surface area (Å²) in [6.07, 6.45) is 5.76. The Balaban J connectivity index is 1.98. The van der Waals surface area contributed by atoms with Gasteiger partial charge in [-0.2, -0.15) is 0 Å². The van der Waals surface area contributed by atoms with Gasteiger partial charge in [-0.05, 0) is 44.2 Å². The SMILES string of the molecule is CCCC(=O)Oc1ccccc1OC1CCC(Br)CC1. The maximum absolute atomic E-state index is 11.6. The van der Waals surface area contributed by atoms with Crippen LogP contribution in [0.4, 0.5) is 0 Å². The molecule has 1 saturated carbocycles. The molecule has 0 unspecified atom stereocenters. The predicted octanol–water partition coefficient (Wildman–Crippen LogP) is 4.48. The van der Waals surface area contributed by atoms with Gasteiger partial charge >= 0.3 is 5.97 Å². The van der Waals surface area contributed by atoms with Crippen molar-refractivity contribution in [3.05, 3.63) is 24.3 Å². The van der Waals surface area contributed by atoms with Crippen molar-refractivity contribution in [3.63, 3.8) is 0 Å². The van der Waals surface area contributed by atoms with Crippen molar-refractivity contribution in [1.29, 1.82) is 0 Å². The molecule has 4 heteroatoms. The zero-order chi connectivity index (χ0) is 14.4. The molecule has 1 fully saturated rings. The lowest BCUT2D eigenvalue weighted by molar-refractivity contribution is -0.134. The monoisotopic (exact) mass is 340 g/mol. The molecule has 0 aliphatic heterocycles. The number of hydrogen-bond acceptors (Lipinski definition) is 3. The molecule has 0 atom stereocenters. The number of halogens is 1. The van der Waals surface area contributed by atoms with Crippen LogP contribution in [0.15, 0.2) is 24.3 Å². The standard InChI is InChI=1S/C16H21BrO3/c1-2-5-16(18)20-15-7-4-3-6-14(15)19-13-10-8-12(17)9-11-13/h3-4,6-7,12-13H,2,5,8-11H2,1H3. The highest BCUT2D eigenvalue weighted by Crippen LogP contribution is 2.32.